The van der Waals surface area contributed by atoms with E-state index in [1.54, 1.807) is 30.3 Å². The molecule has 1 saturated heterocycles. The number of hydrogen-bond donors (Lipinski definition) is 1. The van der Waals surface area contributed by atoms with Gasteiger partial charge in [-0.2, -0.15) is 0 Å². The summed E-state index contributed by atoms with van der Waals surface area (Å²) in [7, 11) is 1.56. The van der Waals surface area contributed by atoms with E-state index in [1.165, 1.54) is 0 Å². The van der Waals surface area contributed by atoms with Gasteiger partial charge in [0.25, 0.3) is 0 Å². The minimum atomic E-state index is -0.0517. The summed E-state index contributed by atoms with van der Waals surface area (Å²) in [6.07, 6.45) is 2.48. The van der Waals surface area contributed by atoms with Gasteiger partial charge in [0.1, 0.15) is 12.4 Å². The third-order valence-electron chi connectivity index (χ3n) is 4.79. The number of pyridine rings is 1. The molecule has 2 aromatic rings. The summed E-state index contributed by atoms with van der Waals surface area (Å²) in [5, 5.41) is 10.7. The van der Waals surface area contributed by atoms with Gasteiger partial charge in [-0.3, -0.25) is 4.79 Å². The highest BCUT2D eigenvalue weighted by Gasteiger charge is 2.29. The summed E-state index contributed by atoms with van der Waals surface area (Å²) < 4.78 is 10.5. The van der Waals surface area contributed by atoms with E-state index in [2.05, 4.69) is 4.98 Å². The second kappa shape index (κ2) is 8.59. The van der Waals surface area contributed by atoms with E-state index in [4.69, 9.17) is 21.1 Å². The van der Waals surface area contributed by atoms with Crippen LogP contribution in [0.15, 0.2) is 30.5 Å². The van der Waals surface area contributed by atoms with Crippen LogP contribution >= 0.6 is 11.6 Å². The molecule has 0 radical (unpaired) electrons. The van der Waals surface area contributed by atoms with Crippen LogP contribution in [0.5, 0.6) is 11.6 Å². The smallest absolute Gasteiger partial charge is 0.248 e. The highest BCUT2D eigenvalue weighted by molar-refractivity contribution is 6.31. The number of phenols is 1. The Balaban J connectivity index is 1.51. The fourth-order valence-corrected chi connectivity index (χ4v) is 3.38. The Morgan fingerprint density at radius 1 is 1.41 bits per heavy atom. The second-order valence-corrected chi connectivity index (χ2v) is 7.09. The Morgan fingerprint density at radius 3 is 2.93 bits per heavy atom. The zero-order chi connectivity index (χ0) is 19.4. The van der Waals surface area contributed by atoms with Crippen LogP contribution in [0.25, 0.3) is 0 Å². The van der Waals surface area contributed by atoms with E-state index in [0.29, 0.717) is 30.6 Å². The maximum Gasteiger partial charge on any atom is 0.248 e. The van der Waals surface area contributed by atoms with Crippen LogP contribution < -0.4 is 4.74 Å². The van der Waals surface area contributed by atoms with Gasteiger partial charge in [0.2, 0.25) is 11.8 Å². The summed E-state index contributed by atoms with van der Waals surface area (Å²) in [6, 6.07) is 7.09. The van der Waals surface area contributed by atoms with Crippen molar-refractivity contribution in [2.24, 2.45) is 0 Å². The van der Waals surface area contributed by atoms with Crippen LogP contribution in [0, 0.1) is 6.92 Å². The molecule has 6 nitrogen and oxygen atoms in total. The number of aromatic hydroxyl groups is 1. The maximum atomic E-state index is 12.4. The average molecular weight is 391 g/mol. The normalized spacial score (nSPS) is 16.6. The zero-order valence-electron chi connectivity index (χ0n) is 15.4. The topological polar surface area (TPSA) is 71.9 Å². The number of benzene rings is 1. The average Bonchev–Trinajstić information content (AvgIpc) is 3.15. The van der Waals surface area contributed by atoms with Gasteiger partial charge in [0.05, 0.1) is 13.7 Å². The molecule has 7 heteroatoms. The van der Waals surface area contributed by atoms with Crippen LogP contribution in [0.3, 0.4) is 0 Å². The van der Waals surface area contributed by atoms with Gasteiger partial charge in [0, 0.05) is 36.3 Å². The first-order valence-corrected chi connectivity index (χ1v) is 9.19. The Labute approximate surface area is 163 Å². The lowest BCUT2D eigenvalue weighted by Gasteiger charge is -2.18. The van der Waals surface area contributed by atoms with Gasteiger partial charge in [-0.25, -0.2) is 4.98 Å². The van der Waals surface area contributed by atoms with Crippen molar-refractivity contribution in [3.63, 3.8) is 0 Å². The van der Waals surface area contributed by atoms with Crippen molar-refractivity contribution in [1.82, 2.24) is 9.88 Å². The van der Waals surface area contributed by atoms with Crippen molar-refractivity contribution in [3.05, 3.63) is 52.2 Å². The molecule has 1 aliphatic rings. The molecule has 144 valence electrons. The Hall–Kier alpha value is -2.31. The monoisotopic (exact) mass is 390 g/mol. The van der Waals surface area contributed by atoms with Gasteiger partial charge >= 0.3 is 0 Å². The summed E-state index contributed by atoms with van der Waals surface area (Å²) >= 11 is 6.04. The molecule has 1 aromatic carbocycles. The quantitative estimate of drug-likeness (QED) is 0.819. The number of aryl methyl sites for hydroxylation is 1. The summed E-state index contributed by atoms with van der Waals surface area (Å²) in [4.78, 5) is 18.3. The van der Waals surface area contributed by atoms with Crippen molar-refractivity contribution in [2.45, 2.75) is 25.9 Å². The molecule has 1 N–H and O–H groups in total. The number of nitrogens with zero attached hydrogens (tertiary/aromatic N) is 2. The number of halogens is 1. The van der Waals surface area contributed by atoms with Crippen molar-refractivity contribution >= 4 is 17.5 Å². The Bertz CT molecular complexity index is 810. The molecule has 3 rings (SSSR count). The van der Waals surface area contributed by atoms with Gasteiger partial charge in [0.15, 0.2) is 0 Å². The van der Waals surface area contributed by atoms with Crippen LogP contribution in [-0.2, 0) is 16.1 Å². The van der Waals surface area contributed by atoms with Crippen molar-refractivity contribution in [1.29, 1.82) is 0 Å². The van der Waals surface area contributed by atoms with Crippen molar-refractivity contribution in [3.8, 4) is 11.6 Å². The third kappa shape index (κ3) is 4.70. The van der Waals surface area contributed by atoms with E-state index in [9.17, 15) is 9.90 Å². The van der Waals surface area contributed by atoms with E-state index in [-0.39, 0.29) is 24.2 Å². The Morgan fingerprint density at radius 2 is 2.22 bits per heavy atom. The van der Waals surface area contributed by atoms with Crippen molar-refractivity contribution in [2.75, 3.05) is 26.8 Å². The first kappa shape index (κ1) is 19.5. The molecule has 1 amide bonds. The predicted octanol–water partition coefficient (Wildman–Crippen LogP) is 3.29. The van der Waals surface area contributed by atoms with Crippen LogP contribution in [0.1, 0.15) is 29.0 Å². The highest BCUT2D eigenvalue weighted by Crippen LogP contribution is 2.36. The lowest BCUT2D eigenvalue weighted by molar-refractivity contribution is -0.135. The zero-order valence-corrected chi connectivity index (χ0v) is 16.2. The minimum absolute atomic E-state index is 0.0182. The molecule has 27 heavy (non-hydrogen) atoms. The van der Waals surface area contributed by atoms with Gasteiger partial charge in [-0.15, -0.1) is 0 Å². The molecular weight excluding hydrogens is 368 g/mol. The highest BCUT2D eigenvalue weighted by atomic mass is 35.5. The molecule has 0 spiro atoms. The predicted molar refractivity (Wildman–Crippen MR) is 102 cm³/mol. The van der Waals surface area contributed by atoms with Gasteiger partial charge in [-0.05, 0) is 42.2 Å². The lowest BCUT2D eigenvalue weighted by atomic mass is 9.96. The molecule has 1 aromatic heterocycles. The first-order chi connectivity index (χ1) is 13.0. The molecular formula is C20H23ClN2O4. The lowest BCUT2D eigenvalue weighted by Crippen LogP contribution is -2.31. The molecule has 1 fully saturated rings. The van der Waals surface area contributed by atoms with Gasteiger partial charge < -0.3 is 19.5 Å². The van der Waals surface area contributed by atoms with Crippen LogP contribution in [0.4, 0.5) is 0 Å². The number of rotatable bonds is 6. The number of phenolic OH excluding ortho intramolecular Hbond substituents is 1. The molecule has 1 unspecified atom stereocenters. The minimum Gasteiger partial charge on any atom is -0.508 e. The molecule has 0 aliphatic carbocycles. The number of methoxy groups -OCH3 is 1. The maximum absolute atomic E-state index is 12.4. The standard InChI is InChI=1S/C20H23ClN2O4/c1-13-7-16(18(24)8-17(13)21)15-5-6-23(10-15)20(25)12-27-11-14-3-4-19(26-2)22-9-14/h3-4,7-9,15,24H,5-6,10-12H2,1-2H3. The fourth-order valence-electron chi connectivity index (χ4n) is 3.23. The summed E-state index contributed by atoms with van der Waals surface area (Å²) in [6.45, 7) is 3.46. The summed E-state index contributed by atoms with van der Waals surface area (Å²) in [5.74, 6) is 0.784. The largest absolute Gasteiger partial charge is 0.508 e. The number of aromatic nitrogens is 1. The first-order valence-electron chi connectivity index (χ1n) is 8.81. The van der Waals surface area contributed by atoms with Gasteiger partial charge in [-0.1, -0.05) is 17.7 Å². The van der Waals surface area contributed by atoms with E-state index in [1.807, 2.05) is 19.1 Å². The van der Waals surface area contributed by atoms with Crippen LogP contribution in [-0.4, -0.2) is 47.7 Å². The third-order valence-corrected chi connectivity index (χ3v) is 5.20. The molecule has 1 aliphatic heterocycles. The van der Waals surface area contributed by atoms with E-state index in [0.717, 1.165) is 23.1 Å². The molecule has 1 atom stereocenters. The number of amides is 1. The van der Waals surface area contributed by atoms with Crippen molar-refractivity contribution < 1.29 is 19.4 Å². The number of carbonyl (C=O) groups is 1. The molecule has 0 bridgehead atoms. The van der Waals surface area contributed by atoms with E-state index < -0.39 is 0 Å². The van der Waals surface area contributed by atoms with E-state index >= 15 is 0 Å². The van der Waals surface area contributed by atoms with Crippen LogP contribution in [0.2, 0.25) is 5.02 Å². The summed E-state index contributed by atoms with van der Waals surface area (Å²) in [5.41, 5.74) is 2.65. The number of likely N-dealkylation sites (tertiary alicyclic amines) is 1. The molecule has 2 heterocycles. The Kier molecular flexibility index (Phi) is 6.19. The second-order valence-electron chi connectivity index (χ2n) is 6.69. The number of hydrogen-bond acceptors (Lipinski definition) is 5. The SMILES string of the molecule is COc1ccc(COCC(=O)N2CCC(c3cc(C)c(Cl)cc3O)C2)cn1. The number of ether oxygens (including phenoxy) is 2. The molecule has 0 saturated carbocycles. The fraction of sp³-hybridized carbons (Fsp3) is 0.400. The number of carbonyl (C=O) groups excluding carboxylic acids is 1.